The number of hydrogen-bond acceptors (Lipinski definition) is 5. The van der Waals surface area contributed by atoms with Crippen LogP contribution < -0.4 is 10.4 Å². The first-order valence-corrected chi connectivity index (χ1v) is 9.95. The van der Waals surface area contributed by atoms with Gasteiger partial charge >= 0.3 is 11.6 Å². The molecule has 4 rings (SSSR count). The van der Waals surface area contributed by atoms with Gasteiger partial charge in [0.15, 0.2) is 0 Å². The number of hydrogen-bond donors (Lipinski definition) is 0. The summed E-state index contributed by atoms with van der Waals surface area (Å²) in [5.41, 5.74) is 4.21. The minimum absolute atomic E-state index is 0.322. The zero-order chi connectivity index (χ0) is 21.8. The standard InChI is InChI=1S/C26H22O5/c1-17-22-13-12-21(30-16-19-8-10-20(11-9-19)25(27)29-2)15-24(22)31-26(28)23(17)14-18-6-4-3-5-7-18/h3-13,15H,14,16H2,1-2H3. The van der Waals surface area contributed by atoms with E-state index in [1.165, 1.54) is 7.11 Å². The summed E-state index contributed by atoms with van der Waals surface area (Å²) in [4.78, 5) is 24.1. The van der Waals surface area contributed by atoms with Crippen LogP contribution in [0.1, 0.15) is 32.6 Å². The maximum atomic E-state index is 12.6. The lowest BCUT2D eigenvalue weighted by Gasteiger charge is -2.11. The zero-order valence-electron chi connectivity index (χ0n) is 17.4. The molecule has 156 valence electrons. The molecule has 0 spiro atoms. The fourth-order valence-electron chi connectivity index (χ4n) is 3.49. The molecule has 3 aromatic carbocycles. The molecule has 0 saturated carbocycles. The van der Waals surface area contributed by atoms with Crippen molar-refractivity contribution in [1.82, 2.24) is 0 Å². The molecular weight excluding hydrogens is 392 g/mol. The van der Waals surface area contributed by atoms with Gasteiger partial charge in [-0.25, -0.2) is 9.59 Å². The lowest BCUT2D eigenvalue weighted by molar-refractivity contribution is 0.0600. The van der Waals surface area contributed by atoms with Crippen LogP contribution in [0.4, 0.5) is 0 Å². The topological polar surface area (TPSA) is 65.7 Å². The molecule has 0 bridgehead atoms. The predicted molar refractivity (Wildman–Crippen MR) is 119 cm³/mol. The van der Waals surface area contributed by atoms with Gasteiger partial charge in [0, 0.05) is 23.4 Å². The van der Waals surface area contributed by atoms with Gasteiger partial charge in [0.2, 0.25) is 0 Å². The van der Waals surface area contributed by atoms with E-state index in [9.17, 15) is 9.59 Å². The average Bonchev–Trinajstić information content (AvgIpc) is 2.80. The zero-order valence-corrected chi connectivity index (χ0v) is 17.4. The lowest BCUT2D eigenvalue weighted by atomic mass is 10.00. The monoisotopic (exact) mass is 414 g/mol. The van der Waals surface area contributed by atoms with Crippen molar-refractivity contribution in [2.24, 2.45) is 0 Å². The van der Waals surface area contributed by atoms with Crippen molar-refractivity contribution < 1.29 is 18.7 Å². The Balaban J connectivity index is 1.53. The SMILES string of the molecule is COC(=O)c1ccc(COc2ccc3c(C)c(Cc4ccccc4)c(=O)oc3c2)cc1. The maximum absolute atomic E-state index is 12.6. The second-order valence-electron chi connectivity index (χ2n) is 7.29. The molecule has 5 nitrogen and oxygen atoms in total. The Labute approximate surface area is 179 Å². The molecule has 0 fully saturated rings. The summed E-state index contributed by atoms with van der Waals surface area (Å²) < 4.78 is 16.2. The van der Waals surface area contributed by atoms with Gasteiger partial charge in [-0.3, -0.25) is 0 Å². The Morgan fingerprint density at radius 2 is 1.68 bits per heavy atom. The van der Waals surface area contributed by atoms with E-state index in [-0.39, 0.29) is 11.6 Å². The van der Waals surface area contributed by atoms with Gasteiger partial charge in [-0.1, -0.05) is 42.5 Å². The number of aryl methyl sites for hydroxylation is 1. The molecule has 0 N–H and O–H groups in total. The number of ether oxygens (including phenoxy) is 2. The van der Waals surface area contributed by atoms with Crippen LogP contribution in [-0.2, 0) is 17.8 Å². The quantitative estimate of drug-likeness (QED) is 0.326. The Morgan fingerprint density at radius 1 is 0.935 bits per heavy atom. The number of esters is 1. The molecule has 0 aliphatic heterocycles. The first-order chi connectivity index (χ1) is 15.0. The van der Waals surface area contributed by atoms with Crippen LogP contribution in [0.5, 0.6) is 5.75 Å². The van der Waals surface area contributed by atoms with Crippen LogP contribution >= 0.6 is 0 Å². The van der Waals surface area contributed by atoms with E-state index in [0.717, 1.165) is 22.1 Å². The predicted octanol–water partition coefficient (Wildman–Crippen LogP) is 5.06. The molecule has 1 heterocycles. The van der Waals surface area contributed by atoms with Crippen LogP contribution in [-0.4, -0.2) is 13.1 Å². The summed E-state index contributed by atoms with van der Waals surface area (Å²) in [5, 5.41) is 0.889. The van der Waals surface area contributed by atoms with E-state index in [4.69, 9.17) is 13.9 Å². The maximum Gasteiger partial charge on any atom is 0.340 e. The van der Waals surface area contributed by atoms with Crippen molar-refractivity contribution in [3.05, 3.63) is 111 Å². The number of rotatable bonds is 6. The molecule has 0 radical (unpaired) electrons. The van der Waals surface area contributed by atoms with Crippen LogP contribution in [0.2, 0.25) is 0 Å². The van der Waals surface area contributed by atoms with E-state index < -0.39 is 0 Å². The first kappa shape index (κ1) is 20.4. The van der Waals surface area contributed by atoms with Crippen molar-refractivity contribution in [3.63, 3.8) is 0 Å². The Bertz CT molecular complexity index is 1270. The van der Waals surface area contributed by atoms with Gasteiger partial charge in [0.05, 0.1) is 12.7 Å². The summed E-state index contributed by atoms with van der Waals surface area (Å²) in [6, 6.07) is 22.4. The molecule has 0 aliphatic rings. The first-order valence-electron chi connectivity index (χ1n) is 9.95. The highest BCUT2D eigenvalue weighted by Gasteiger charge is 2.13. The second kappa shape index (κ2) is 8.88. The molecule has 0 saturated heterocycles. The van der Waals surface area contributed by atoms with Crippen molar-refractivity contribution in [2.45, 2.75) is 20.0 Å². The molecule has 31 heavy (non-hydrogen) atoms. The number of fused-ring (bicyclic) bond motifs is 1. The third kappa shape index (κ3) is 4.51. The fourth-order valence-corrected chi connectivity index (χ4v) is 3.49. The Morgan fingerprint density at radius 3 is 2.39 bits per heavy atom. The minimum atomic E-state index is -0.376. The number of carbonyl (C=O) groups excluding carboxylic acids is 1. The smallest absolute Gasteiger partial charge is 0.340 e. The summed E-state index contributed by atoms with van der Waals surface area (Å²) in [6.07, 6.45) is 0.533. The van der Waals surface area contributed by atoms with Gasteiger partial charge in [-0.2, -0.15) is 0 Å². The third-order valence-corrected chi connectivity index (χ3v) is 5.26. The van der Waals surface area contributed by atoms with Crippen LogP contribution in [0.3, 0.4) is 0 Å². The van der Waals surface area contributed by atoms with E-state index in [0.29, 0.717) is 35.5 Å². The van der Waals surface area contributed by atoms with Crippen molar-refractivity contribution in [2.75, 3.05) is 7.11 Å². The van der Waals surface area contributed by atoms with Gasteiger partial charge < -0.3 is 13.9 Å². The van der Waals surface area contributed by atoms with E-state index >= 15 is 0 Å². The largest absolute Gasteiger partial charge is 0.489 e. The highest BCUT2D eigenvalue weighted by molar-refractivity contribution is 5.89. The normalized spacial score (nSPS) is 10.8. The highest BCUT2D eigenvalue weighted by Crippen LogP contribution is 2.25. The van der Waals surface area contributed by atoms with Crippen molar-refractivity contribution in [3.8, 4) is 5.75 Å². The second-order valence-corrected chi connectivity index (χ2v) is 7.29. The van der Waals surface area contributed by atoms with Crippen LogP contribution in [0, 0.1) is 6.92 Å². The number of carbonyl (C=O) groups is 1. The van der Waals surface area contributed by atoms with E-state index in [1.807, 2.05) is 61.5 Å². The van der Waals surface area contributed by atoms with Gasteiger partial charge in [-0.15, -0.1) is 0 Å². The molecule has 0 amide bonds. The minimum Gasteiger partial charge on any atom is -0.489 e. The van der Waals surface area contributed by atoms with Crippen LogP contribution in [0.25, 0.3) is 11.0 Å². The number of benzene rings is 3. The lowest BCUT2D eigenvalue weighted by Crippen LogP contribution is -2.11. The fraction of sp³-hybridized carbons (Fsp3) is 0.154. The van der Waals surface area contributed by atoms with E-state index in [1.54, 1.807) is 18.2 Å². The summed E-state index contributed by atoms with van der Waals surface area (Å²) >= 11 is 0. The molecule has 0 aliphatic carbocycles. The molecular formula is C26H22O5. The molecule has 0 unspecified atom stereocenters. The van der Waals surface area contributed by atoms with Gasteiger partial charge in [-0.05, 0) is 47.9 Å². The van der Waals surface area contributed by atoms with Gasteiger partial charge in [0.25, 0.3) is 0 Å². The van der Waals surface area contributed by atoms with Crippen LogP contribution in [0.15, 0.2) is 82.0 Å². The van der Waals surface area contributed by atoms with E-state index in [2.05, 4.69) is 0 Å². The summed E-state index contributed by atoms with van der Waals surface area (Å²) in [7, 11) is 1.35. The highest BCUT2D eigenvalue weighted by atomic mass is 16.5. The van der Waals surface area contributed by atoms with Crippen molar-refractivity contribution >= 4 is 16.9 Å². The molecule has 5 heteroatoms. The third-order valence-electron chi connectivity index (χ3n) is 5.26. The molecule has 0 atom stereocenters. The summed E-state index contributed by atoms with van der Waals surface area (Å²) in [6.45, 7) is 2.27. The molecule has 4 aromatic rings. The van der Waals surface area contributed by atoms with Crippen molar-refractivity contribution in [1.29, 1.82) is 0 Å². The Kier molecular flexibility index (Phi) is 5.85. The average molecular weight is 414 g/mol. The molecule has 1 aromatic heterocycles. The summed E-state index contributed by atoms with van der Waals surface area (Å²) in [5.74, 6) is 0.224. The Hall–Kier alpha value is -3.86. The number of methoxy groups -OCH3 is 1. The van der Waals surface area contributed by atoms with Gasteiger partial charge in [0.1, 0.15) is 17.9 Å².